The van der Waals surface area contributed by atoms with E-state index in [1.807, 2.05) is 6.08 Å². The maximum absolute atomic E-state index is 5.56. The topological polar surface area (TPSA) is 47.3 Å². The van der Waals surface area contributed by atoms with Gasteiger partial charge < -0.3 is 4.74 Å². The van der Waals surface area contributed by atoms with Gasteiger partial charge in [-0.1, -0.05) is 13.0 Å². The van der Waals surface area contributed by atoms with Crippen LogP contribution in [0.4, 0.5) is 0 Å². The average Bonchev–Trinajstić information content (AvgIpc) is 2.55. The van der Waals surface area contributed by atoms with E-state index >= 15 is 0 Å². The molecule has 12 heavy (non-hydrogen) atoms. The van der Waals surface area contributed by atoms with Gasteiger partial charge in [0.15, 0.2) is 0 Å². The van der Waals surface area contributed by atoms with Crippen molar-refractivity contribution in [3.63, 3.8) is 0 Å². The third-order valence-corrected chi connectivity index (χ3v) is 2.57. The predicted molar refractivity (Wildman–Crippen MR) is 49.4 cm³/mol. The van der Waals surface area contributed by atoms with Crippen LogP contribution in [0.5, 0.6) is 0 Å². The minimum atomic E-state index is 0.192. The van der Waals surface area contributed by atoms with Crippen molar-refractivity contribution in [2.24, 2.45) is 11.8 Å². The van der Waals surface area contributed by atoms with Crippen molar-refractivity contribution in [2.45, 2.75) is 31.9 Å². The molecule has 0 aromatic rings. The molecule has 1 aliphatic heterocycles. The van der Waals surface area contributed by atoms with Crippen molar-refractivity contribution in [2.75, 3.05) is 6.61 Å². The van der Waals surface area contributed by atoms with Crippen LogP contribution in [0.3, 0.4) is 0 Å². The Morgan fingerprint density at radius 2 is 2.58 bits per heavy atom. The number of hydrazine groups is 1. The predicted octanol–water partition coefficient (Wildman–Crippen LogP) is 0.819. The normalized spacial score (nSPS) is 31.8. The summed E-state index contributed by atoms with van der Waals surface area (Å²) in [6, 6.07) is 0.192. The molecular weight excluding hydrogens is 152 g/mol. The van der Waals surface area contributed by atoms with E-state index in [0.29, 0.717) is 12.0 Å². The van der Waals surface area contributed by atoms with Crippen LogP contribution >= 0.6 is 0 Å². The first kappa shape index (κ1) is 9.71. The highest BCUT2D eigenvalue weighted by Crippen LogP contribution is 2.26. The Morgan fingerprint density at radius 3 is 3.08 bits per heavy atom. The number of nitrogens with two attached hydrogens (primary N) is 1. The Hall–Kier alpha value is -0.380. The summed E-state index contributed by atoms with van der Waals surface area (Å²) in [6.07, 6.45) is 4.35. The molecule has 3 nitrogen and oxygen atoms in total. The summed E-state index contributed by atoms with van der Waals surface area (Å²) in [6.45, 7) is 6.74. The first-order valence-electron chi connectivity index (χ1n) is 4.53. The molecule has 1 aliphatic rings. The van der Waals surface area contributed by atoms with Crippen LogP contribution in [0.2, 0.25) is 0 Å². The summed E-state index contributed by atoms with van der Waals surface area (Å²) < 4.78 is 5.56. The summed E-state index contributed by atoms with van der Waals surface area (Å²) in [5, 5.41) is 0. The third kappa shape index (κ3) is 1.86. The lowest BCUT2D eigenvalue weighted by Gasteiger charge is -2.23. The Kier molecular flexibility index (Phi) is 3.72. The molecule has 3 unspecified atom stereocenters. The molecule has 70 valence electrons. The Labute approximate surface area is 73.9 Å². The molecule has 1 fully saturated rings. The standard InChI is InChI=1S/C9H18N2O/c1-3-8(11-10)7-5-6-12-9(7)4-2/h3,7-9,11H,1,4-6,10H2,2H3. The van der Waals surface area contributed by atoms with Gasteiger partial charge in [-0.15, -0.1) is 6.58 Å². The fourth-order valence-electron chi connectivity index (χ4n) is 1.86. The van der Waals surface area contributed by atoms with Gasteiger partial charge >= 0.3 is 0 Å². The fourth-order valence-corrected chi connectivity index (χ4v) is 1.86. The highest BCUT2D eigenvalue weighted by molar-refractivity contribution is 4.94. The lowest BCUT2D eigenvalue weighted by Crippen LogP contribution is -2.42. The first-order valence-corrected chi connectivity index (χ1v) is 4.53. The van der Waals surface area contributed by atoms with Gasteiger partial charge in [-0.05, 0) is 12.8 Å². The third-order valence-electron chi connectivity index (χ3n) is 2.57. The molecule has 1 heterocycles. The summed E-state index contributed by atoms with van der Waals surface area (Å²) >= 11 is 0. The van der Waals surface area contributed by atoms with Crippen molar-refractivity contribution in [1.82, 2.24) is 5.43 Å². The molecule has 0 aromatic carbocycles. The number of nitrogens with one attached hydrogen (secondary N) is 1. The van der Waals surface area contributed by atoms with E-state index in [1.165, 1.54) is 0 Å². The van der Waals surface area contributed by atoms with Crippen LogP contribution in [-0.4, -0.2) is 18.8 Å². The highest BCUT2D eigenvalue weighted by Gasteiger charge is 2.31. The van der Waals surface area contributed by atoms with Crippen LogP contribution < -0.4 is 11.3 Å². The van der Waals surface area contributed by atoms with Gasteiger partial charge in [0.1, 0.15) is 0 Å². The molecule has 3 heteroatoms. The SMILES string of the molecule is C=CC(NN)C1CCOC1CC. The maximum atomic E-state index is 5.56. The smallest absolute Gasteiger partial charge is 0.0620 e. The largest absolute Gasteiger partial charge is 0.378 e. The number of hydrogen-bond acceptors (Lipinski definition) is 3. The Bertz CT molecular complexity index is 149. The van der Waals surface area contributed by atoms with E-state index in [2.05, 4.69) is 18.9 Å². The second kappa shape index (κ2) is 4.60. The van der Waals surface area contributed by atoms with Gasteiger partial charge in [0.25, 0.3) is 0 Å². The number of rotatable bonds is 4. The van der Waals surface area contributed by atoms with Crippen LogP contribution in [0, 0.1) is 5.92 Å². The lowest BCUT2D eigenvalue weighted by atomic mass is 9.92. The average molecular weight is 170 g/mol. The molecule has 0 saturated carbocycles. The summed E-state index contributed by atoms with van der Waals surface area (Å²) in [4.78, 5) is 0. The quantitative estimate of drug-likeness (QED) is 0.373. The monoisotopic (exact) mass is 170 g/mol. The molecule has 0 radical (unpaired) electrons. The van der Waals surface area contributed by atoms with Crippen LogP contribution in [0.15, 0.2) is 12.7 Å². The van der Waals surface area contributed by atoms with Crippen molar-refractivity contribution in [1.29, 1.82) is 0 Å². The van der Waals surface area contributed by atoms with E-state index in [0.717, 1.165) is 19.4 Å². The van der Waals surface area contributed by atoms with E-state index in [9.17, 15) is 0 Å². The van der Waals surface area contributed by atoms with Crippen LogP contribution in [0.1, 0.15) is 19.8 Å². The van der Waals surface area contributed by atoms with Crippen molar-refractivity contribution >= 4 is 0 Å². The molecule has 1 saturated heterocycles. The summed E-state index contributed by atoms with van der Waals surface area (Å²) in [7, 11) is 0. The zero-order valence-electron chi connectivity index (χ0n) is 7.62. The molecular formula is C9H18N2O. The molecule has 3 N–H and O–H groups in total. The Balaban J connectivity index is 2.52. The van der Waals surface area contributed by atoms with Crippen molar-refractivity contribution < 1.29 is 4.74 Å². The second-order valence-corrected chi connectivity index (χ2v) is 3.20. The zero-order valence-corrected chi connectivity index (χ0v) is 7.62. The lowest BCUT2D eigenvalue weighted by molar-refractivity contribution is 0.0819. The van der Waals surface area contributed by atoms with Crippen molar-refractivity contribution in [3.8, 4) is 0 Å². The molecule has 1 rings (SSSR count). The molecule has 0 aliphatic carbocycles. The van der Waals surface area contributed by atoms with Gasteiger partial charge in [0, 0.05) is 18.6 Å². The fraction of sp³-hybridized carbons (Fsp3) is 0.778. The van der Waals surface area contributed by atoms with E-state index < -0.39 is 0 Å². The van der Waals surface area contributed by atoms with E-state index in [1.54, 1.807) is 0 Å². The zero-order chi connectivity index (χ0) is 8.97. The molecule has 3 atom stereocenters. The molecule has 0 aromatic heterocycles. The second-order valence-electron chi connectivity index (χ2n) is 3.20. The first-order chi connectivity index (χ1) is 5.83. The van der Waals surface area contributed by atoms with Gasteiger partial charge in [0.2, 0.25) is 0 Å². The number of ether oxygens (including phenoxy) is 1. The molecule has 0 amide bonds. The highest BCUT2D eigenvalue weighted by atomic mass is 16.5. The minimum absolute atomic E-state index is 0.192. The van der Waals surface area contributed by atoms with Crippen LogP contribution in [0.25, 0.3) is 0 Å². The molecule has 0 spiro atoms. The van der Waals surface area contributed by atoms with E-state index in [-0.39, 0.29) is 6.04 Å². The van der Waals surface area contributed by atoms with E-state index in [4.69, 9.17) is 10.6 Å². The van der Waals surface area contributed by atoms with Crippen molar-refractivity contribution in [3.05, 3.63) is 12.7 Å². The van der Waals surface area contributed by atoms with Gasteiger partial charge in [-0.2, -0.15) is 0 Å². The van der Waals surface area contributed by atoms with Gasteiger partial charge in [-0.25, -0.2) is 0 Å². The maximum Gasteiger partial charge on any atom is 0.0620 e. The summed E-state index contributed by atoms with van der Waals surface area (Å²) in [5.41, 5.74) is 2.76. The van der Waals surface area contributed by atoms with Gasteiger partial charge in [0.05, 0.1) is 6.10 Å². The summed E-state index contributed by atoms with van der Waals surface area (Å²) in [5.74, 6) is 5.90. The van der Waals surface area contributed by atoms with Gasteiger partial charge in [-0.3, -0.25) is 11.3 Å². The molecule has 0 bridgehead atoms. The minimum Gasteiger partial charge on any atom is -0.378 e. The van der Waals surface area contributed by atoms with Crippen LogP contribution in [-0.2, 0) is 4.74 Å². The number of hydrogen-bond donors (Lipinski definition) is 2. The Morgan fingerprint density at radius 1 is 1.83 bits per heavy atom.